The average Bonchev–Trinajstić information content (AvgIpc) is 2.97. The molecule has 0 aliphatic carbocycles. The lowest BCUT2D eigenvalue weighted by atomic mass is 10.2. The van der Waals surface area contributed by atoms with Crippen LogP contribution in [0, 0.1) is 0 Å². The lowest BCUT2D eigenvalue weighted by molar-refractivity contribution is 0.0714. The van der Waals surface area contributed by atoms with Gasteiger partial charge in [0.15, 0.2) is 10.8 Å². The number of hydrogen-bond donors (Lipinski definition) is 1. The molecule has 7 heteroatoms. The van der Waals surface area contributed by atoms with Gasteiger partial charge in [0.05, 0.1) is 6.20 Å². The second-order valence-electron chi connectivity index (χ2n) is 4.71. The van der Waals surface area contributed by atoms with Crippen molar-refractivity contribution in [3.05, 3.63) is 29.5 Å². The van der Waals surface area contributed by atoms with E-state index >= 15 is 0 Å². The zero-order chi connectivity index (χ0) is 13.9. The van der Waals surface area contributed by atoms with Crippen LogP contribution in [-0.2, 0) is 0 Å². The van der Waals surface area contributed by atoms with Gasteiger partial charge in [0.1, 0.15) is 4.88 Å². The van der Waals surface area contributed by atoms with E-state index in [9.17, 15) is 4.79 Å². The molecule has 20 heavy (non-hydrogen) atoms. The third-order valence-electron chi connectivity index (χ3n) is 3.13. The van der Waals surface area contributed by atoms with Crippen LogP contribution in [0.15, 0.2) is 24.7 Å². The van der Waals surface area contributed by atoms with Crippen LogP contribution < -0.4 is 5.32 Å². The summed E-state index contributed by atoms with van der Waals surface area (Å²) in [4.78, 5) is 27.5. The molecule has 1 N–H and O–H groups in total. The molecule has 0 unspecified atom stereocenters. The Bertz CT molecular complexity index is 600. The maximum Gasteiger partial charge on any atom is 0.265 e. The highest BCUT2D eigenvalue weighted by molar-refractivity contribution is 7.16. The fourth-order valence-corrected chi connectivity index (χ4v) is 2.99. The molecule has 2 aromatic heterocycles. The number of piperazine rings is 1. The van der Waals surface area contributed by atoms with Gasteiger partial charge in [0.2, 0.25) is 0 Å². The molecular weight excluding hydrogens is 274 g/mol. The summed E-state index contributed by atoms with van der Waals surface area (Å²) in [6.45, 7) is 4.38. The van der Waals surface area contributed by atoms with Crippen LogP contribution in [-0.4, -0.2) is 51.4 Å². The summed E-state index contributed by atoms with van der Waals surface area (Å²) in [5.41, 5.74) is 0. The number of hydrogen-bond acceptors (Lipinski definition) is 6. The fourth-order valence-electron chi connectivity index (χ4n) is 2.16. The molecule has 1 fully saturated rings. The number of aromatic nitrogens is 3. The van der Waals surface area contributed by atoms with Crippen molar-refractivity contribution in [2.45, 2.75) is 13.0 Å². The summed E-state index contributed by atoms with van der Waals surface area (Å²) in [6.07, 6.45) is 4.96. The van der Waals surface area contributed by atoms with Gasteiger partial charge in [0, 0.05) is 38.1 Å². The molecule has 3 rings (SSSR count). The molecule has 0 radical (unpaired) electrons. The molecule has 0 saturated carbocycles. The predicted octanol–water partition coefficient (Wildman–Crippen LogP) is 1.03. The lowest BCUT2D eigenvalue weighted by Gasteiger charge is -2.31. The van der Waals surface area contributed by atoms with Crippen LogP contribution in [0.2, 0.25) is 0 Å². The third kappa shape index (κ3) is 2.68. The van der Waals surface area contributed by atoms with Gasteiger partial charge >= 0.3 is 0 Å². The monoisotopic (exact) mass is 289 g/mol. The van der Waals surface area contributed by atoms with E-state index in [1.165, 1.54) is 11.3 Å². The van der Waals surface area contributed by atoms with E-state index in [2.05, 4.69) is 27.2 Å². The van der Waals surface area contributed by atoms with Crippen molar-refractivity contribution in [3.63, 3.8) is 0 Å². The predicted molar refractivity (Wildman–Crippen MR) is 76.5 cm³/mol. The van der Waals surface area contributed by atoms with Gasteiger partial charge in [-0.1, -0.05) is 0 Å². The molecule has 6 nitrogen and oxygen atoms in total. The van der Waals surface area contributed by atoms with Crippen LogP contribution in [0.1, 0.15) is 16.6 Å². The Morgan fingerprint density at radius 3 is 2.95 bits per heavy atom. The lowest BCUT2D eigenvalue weighted by Crippen LogP contribution is -2.51. The number of amides is 1. The van der Waals surface area contributed by atoms with Crippen molar-refractivity contribution in [2.75, 3.05) is 19.6 Å². The Morgan fingerprint density at radius 1 is 1.40 bits per heavy atom. The van der Waals surface area contributed by atoms with E-state index in [-0.39, 0.29) is 5.91 Å². The highest BCUT2D eigenvalue weighted by Gasteiger charge is 2.23. The highest BCUT2D eigenvalue weighted by atomic mass is 32.1. The van der Waals surface area contributed by atoms with Crippen molar-refractivity contribution in [1.29, 1.82) is 0 Å². The Morgan fingerprint density at radius 2 is 2.20 bits per heavy atom. The van der Waals surface area contributed by atoms with E-state index in [0.717, 1.165) is 19.6 Å². The third-order valence-corrected chi connectivity index (χ3v) is 4.11. The Labute approximate surface area is 120 Å². The van der Waals surface area contributed by atoms with Crippen molar-refractivity contribution in [3.8, 4) is 10.8 Å². The molecule has 3 heterocycles. The number of carbonyl (C=O) groups excluding carboxylic acids is 1. The van der Waals surface area contributed by atoms with Crippen molar-refractivity contribution in [1.82, 2.24) is 25.2 Å². The summed E-state index contributed by atoms with van der Waals surface area (Å²) >= 11 is 1.34. The standard InChI is InChI=1S/C13H15N5OS/c1-9-8-18(6-5-14-9)13(19)10-7-17-12(20-10)11-15-3-2-4-16-11/h2-4,7,9,14H,5-6,8H2,1H3/t9-/m0/s1. The van der Waals surface area contributed by atoms with Crippen molar-refractivity contribution >= 4 is 17.2 Å². The summed E-state index contributed by atoms with van der Waals surface area (Å²) in [7, 11) is 0. The van der Waals surface area contributed by atoms with Gasteiger partial charge in [-0.3, -0.25) is 4.79 Å². The van der Waals surface area contributed by atoms with Gasteiger partial charge in [-0.05, 0) is 13.0 Å². The second-order valence-corrected chi connectivity index (χ2v) is 5.74. The molecule has 2 aromatic rings. The zero-order valence-corrected chi connectivity index (χ0v) is 11.9. The minimum atomic E-state index is 0.0398. The first-order valence-electron chi connectivity index (χ1n) is 6.50. The largest absolute Gasteiger partial charge is 0.335 e. The van der Waals surface area contributed by atoms with Gasteiger partial charge < -0.3 is 10.2 Å². The average molecular weight is 289 g/mol. The maximum absolute atomic E-state index is 12.4. The van der Waals surface area contributed by atoms with E-state index < -0.39 is 0 Å². The normalized spacial score (nSPS) is 19.1. The van der Waals surface area contributed by atoms with E-state index in [1.54, 1.807) is 24.7 Å². The molecule has 0 bridgehead atoms. The second kappa shape index (κ2) is 5.64. The Hall–Kier alpha value is -1.86. The minimum Gasteiger partial charge on any atom is -0.335 e. The van der Waals surface area contributed by atoms with E-state index in [1.807, 2.05) is 4.90 Å². The first kappa shape index (κ1) is 13.1. The molecular formula is C13H15N5OS. The molecule has 0 spiro atoms. The van der Waals surface area contributed by atoms with Crippen LogP contribution in [0.3, 0.4) is 0 Å². The van der Waals surface area contributed by atoms with Crippen molar-refractivity contribution < 1.29 is 4.79 Å². The number of nitrogens with zero attached hydrogens (tertiary/aromatic N) is 4. The van der Waals surface area contributed by atoms with Crippen molar-refractivity contribution in [2.24, 2.45) is 0 Å². The zero-order valence-electron chi connectivity index (χ0n) is 11.1. The first-order chi connectivity index (χ1) is 9.74. The molecule has 1 amide bonds. The minimum absolute atomic E-state index is 0.0398. The smallest absolute Gasteiger partial charge is 0.265 e. The summed E-state index contributed by atoms with van der Waals surface area (Å²) in [5, 5.41) is 4.00. The molecule has 0 aromatic carbocycles. The van der Waals surface area contributed by atoms with Crippen LogP contribution >= 0.6 is 11.3 Å². The Kier molecular flexibility index (Phi) is 3.70. The highest BCUT2D eigenvalue weighted by Crippen LogP contribution is 2.23. The fraction of sp³-hybridized carbons (Fsp3) is 0.385. The Balaban J connectivity index is 1.78. The van der Waals surface area contributed by atoms with E-state index in [4.69, 9.17) is 0 Å². The number of carbonyl (C=O) groups is 1. The van der Waals surface area contributed by atoms with Crippen LogP contribution in [0.25, 0.3) is 10.8 Å². The van der Waals surface area contributed by atoms with Gasteiger partial charge in [-0.2, -0.15) is 0 Å². The maximum atomic E-state index is 12.4. The number of thiazole rings is 1. The molecule has 1 atom stereocenters. The van der Waals surface area contributed by atoms with Gasteiger partial charge in [0.25, 0.3) is 5.91 Å². The topological polar surface area (TPSA) is 71.0 Å². The van der Waals surface area contributed by atoms with Crippen LogP contribution in [0.5, 0.6) is 0 Å². The molecule has 104 valence electrons. The summed E-state index contributed by atoms with van der Waals surface area (Å²) < 4.78 is 0. The molecule has 1 saturated heterocycles. The molecule has 1 aliphatic heterocycles. The number of rotatable bonds is 2. The van der Waals surface area contributed by atoms with Gasteiger partial charge in [-0.15, -0.1) is 11.3 Å². The van der Waals surface area contributed by atoms with E-state index in [0.29, 0.717) is 21.8 Å². The molecule has 1 aliphatic rings. The quantitative estimate of drug-likeness (QED) is 0.894. The first-order valence-corrected chi connectivity index (χ1v) is 7.31. The summed E-state index contributed by atoms with van der Waals surface area (Å²) in [6, 6.07) is 2.09. The van der Waals surface area contributed by atoms with Crippen LogP contribution in [0.4, 0.5) is 0 Å². The SMILES string of the molecule is C[C@H]1CN(C(=O)c2cnc(-c3ncccn3)s2)CCN1. The summed E-state index contributed by atoms with van der Waals surface area (Å²) in [5.74, 6) is 0.600. The number of nitrogens with one attached hydrogen (secondary N) is 1. The van der Waals surface area contributed by atoms with Gasteiger partial charge in [-0.25, -0.2) is 15.0 Å².